The predicted molar refractivity (Wildman–Crippen MR) is 105 cm³/mol. The zero-order valence-corrected chi connectivity index (χ0v) is 15.9. The minimum Gasteiger partial charge on any atom is -0.339 e. The minimum absolute atomic E-state index is 0.140. The lowest BCUT2D eigenvalue weighted by molar-refractivity contribution is 0.0735. The van der Waals surface area contributed by atoms with Crippen LogP contribution in [0.3, 0.4) is 0 Å². The van der Waals surface area contributed by atoms with Crippen LogP contribution in [-0.4, -0.2) is 23.9 Å². The molecule has 132 valence electrons. The Kier molecular flexibility index (Phi) is 4.99. The highest BCUT2D eigenvalue weighted by Crippen LogP contribution is 2.27. The molecule has 2 nitrogen and oxygen atoms in total. The van der Waals surface area contributed by atoms with E-state index >= 15 is 0 Å². The van der Waals surface area contributed by atoms with Crippen molar-refractivity contribution in [2.24, 2.45) is 0 Å². The van der Waals surface area contributed by atoms with Crippen LogP contribution in [0.15, 0.2) is 48.5 Å². The van der Waals surface area contributed by atoms with Gasteiger partial charge in [-0.15, -0.1) is 0 Å². The molecule has 1 amide bonds. The van der Waals surface area contributed by atoms with Crippen molar-refractivity contribution >= 4 is 5.91 Å². The summed E-state index contributed by atoms with van der Waals surface area (Å²) in [6.45, 7) is 6.68. The quantitative estimate of drug-likeness (QED) is 0.708. The molecule has 0 radical (unpaired) electrons. The van der Waals surface area contributed by atoms with E-state index in [-0.39, 0.29) is 11.3 Å². The zero-order chi connectivity index (χ0) is 18.0. The number of carbonyl (C=O) groups excluding carboxylic acids is 1. The number of amides is 1. The number of rotatable bonds is 3. The van der Waals surface area contributed by atoms with Crippen LogP contribution in [0.1, 0.15) is 62.4 Å². The first-order chi connectivity index (χ1) is 11.9. The van der Waals surface area contributed by atoms with Crippen molar-refractivity contribution in [3.8, 4) is 11.1 Å². The highest BCUT2D eigenvalue weighted by atomic mass is 16.2. The van der Waals surface area contributed by atoms with Crippen molar-refractivity contribution in [1.29, 1.82) is 0 Å². The number of benzene rings is 2. The molecule has 0 spiro atoms. The molecular weight excluding hydrogens is 306 g/mol. The zero-order valence-electron chi connectivity index (χ0n) is 15.9. The molecule has 1 aliphatic carbocycles. The van der Waals surface area contributed by atoms with Crippen molar-refractivity contribution in [1.82, 2.24) is 4.90 Å². The molecule has 3 rings (SSSR count). The largest absolute Gasteiger partial charge is 0.339 e. The van der Waals surface area contributed by atoms with Crippen LogP contribution in [0.4, 0.5) is 0 Å². The van der Waals surface area contributed by atoms with Gasteiger partial charge in [-0.25, -0.2) is 0 Å². The van der Waals surface area contributed by atoms with Gasteiger partial charge in [0.2, 0.25) is 0 Å². The molecule has 0 atom stereocenters. The van der Waals surface area contributed by atoms with Gasteiger partial charge in [0.05, 0.1) is 0 Å². The highest BCUT2D eigenvalue weighted by Gasteiger charge is 2.24. The molecule has 0 aromatic heterocycles. The van der Waals surface area contributed by atoms with Gasteiger partial charge in [-0.3, -0.25) is 4.79 Å². The van der Waals surface area contributed by atoms with Gasteiger partial charge < -0.3 is 4.90 Å². The van der Waals surface area contributed by atoms with E-state index in [2.05, 4.69) is 57.2 Å². The summed E-state index contributed by atoms with van der Waals surface area (Å²) in [6.07, 6.45) is 4.76. The van der Waals surface area contributed by atoms with Crippen LogP contribution in [0, 0.1) is 0 Å². The first-order valence-electron chi connectivity index (χ1n) is 9.34. The molecule has 1 fully saturated rings. The van der Waals surface area contributed by atoms with Crippen LogP contribution in [-0.2, 0) is 5.41 Å². The molecule has 1 aliphatic rings. The second kappa shape index (κ2) is 7.03. The van der Waals surface area contributed by atoms with Gasteiger partial charge in [-0.1, -0.05) is 70.0 Å². The number of hydrogen-bond donors (Lipinski definition) is 0. The van der Waals surface area contributed by atoms with Gasteiger partial charge in [0.1, 0.15) is 0 Å². The molecule has 0 heterocycles. The third-order valence-corrected chi connectivity index (χ3v) is 5.41. The lowest BCUT2D eigenvalue weighted by atomic mass is 9.86. The van der Waals surface area contributed by atoms with Crippen LogP contribution >= 0.6 is 0 Å². The van der Waals surface area contributed by atoms with E-state index in [4.69, 9.17) is 0 Å². The maximum Gasteiger partial charge on any atom is 0.253 e. The van der Waals surface area contributed by atoms with Crippen molar-refractivity contribution in [3.63, 3.8) is 0 Å². The van der Waals surface area contributed by atoms with Crippen LogP contribution in [0.5, 0.6) is 0 Å². The van der Waals surface area contributed by atoms with E-state index in [0.29, 0.717) is 6.04 Å². The summed E-state index contributed by atoms with van der Waals surface area (Å²) in [4.78, 5) is 14.6. The molecule has 2 aromatic rings. The number of nitrogens with zero attached hydrogens (tertiary/aromatic N) is 1. The average molecular weight is 335 g/mol. The topological polar surface area (TPSA) is 20.3 Å². The smallest absolute Gasteiger partial charge is 0.253 e. The van der Waals surface area contributed by atoms with E-state index in [1.165, 1.54) is 24.0 Å². The van der Waals surface area contributed by atoms with Crippen molar-refractivity contribution in [3.05, 3.63) is 59.7 Å². The molecule has 0 unspecified atom stereocenters. The van der Waals surface area contributed by atoms with Crippen molar-refractivity contribution in [2.45, 2.75) is 57.9 Å². The van der Waals surface area contributed by atoms with E-state index in [9.17, 15) is 4.79 Å². The maximum atomic E-state index is 12.7. The van der Waals surface area contributed by atoms with Gasteiger partial charge in [-0.2, -0.15) is 0 Å². The number of hydrogen-bond acceptors (Lipinski definition) is 1. The molecule has 0 saturated heterocycles. The van der Waals surface area contributed by atoms with Gasteiger partial charge in [0.15, 0.2) is 0 Å². The third kappa shape index (κ3) is 3.95. The molecule has 0 bridgehead atoms. The van der Waals surface area contributed by atoms with E-state index in [0.717, 1.165) is 24.0 Å². The van der Waals surface area contributed by atoms with Gasteiger partial charge in [0.25, 0.3) is 5.91 Å². The highest BCUT2D eigenvalue weighted by molar-refractivity contribution is 5.94. The first kappa shape index (κ1) is 17.7. The van der Waals surface area contributed by atoms with Crippen LogP contribution in [0.25, 0.3) is 11.1 Å². The molecule has 2 heteroatoms. The van der Waals surface area contributed by atoms with E-state index in [1.54, 1.807) is 0 Å². The van der Waals surface area contributed by atoms with Gasteiger partial charge in [-0.05, 0) is 47.1 Å². The molecule has 0 N–H and O–H groups in total. The summed E-state index contributed by atoms with van der Waals surface area (Å²) in [5.41, 5.74) is 4.63. The maximum absolute atomic E-state index is 12.7. The van der Waals surface area contributed by atoms with Crippen molar-refractivity contribution < 1.29 is 4.79 Å². The van der Waals surface area contributed by atoms with Gasteiger partial charge in [0, 0.05) is 18.7 Å². The Balaban J connectivity index is 1.74. The molecule has 25 heavy (non-hydrogen) atoms. The summed E-state index contributed by atoms with van der Waals surface area (Å²) in [5, 5.41) is 0. The monoisotopic (exact) mass is 335 g/mol. The Morgan fingerprint density at radius 1 is 0.880 bits per heavy atom. The van der Waals surface area contributed by atoms with Crippen LogP contribution in [0.2, 0.25) is 0 Å². The Hall–Kier alpha value is -2.09. The average Bonchev–Trinajstić information content (AvgIpc) is 3.14. The normalized spacial score (nSPS) is 15.4. The lowest BCUT2D eigenvalue weighted by Gasteiger charge is -2.24. The fourth-order valence-corrected chi connectivity index (χ4v) is 3.63. The summed E-state index contributed by atoms with van der Waals surface area (Å²) in [5.74, 6) is 0.140. The number of carbonyl (C=O) groups is 1. The fourth-order valence-electron chi connectivity index (χ4n) is 3.63. The fraction of sp³-hybridized carbons (Fsp3) is 0.435. The van der Waals surface area contributed by atoms with Gasteiger partial charge >= 0.3 is 0 Å². The minimum atomic E-state index is 0.140. The third-order valence-electron chi connectivity index (χ3n) is 5.41. The molecule has 2 aromatic carbocycles. The van der Waals surface area contributed by atoms with E-state index < -0.39 is 0 Å². The summed E-state index contributed by atoms with van der Waals surface area (Å²) in [7, 11) is 1.94. The molecule has 0 aliphatic heterocycles. The second-order valence-electron chi connectivity index (χ2n) is 8.26. The van der Waals surface area contributed by atoms with Crippen molar-refractivity contribution in [2.75, 3.05) is 7.05 Å². The Morgan fingerprint density at radius 2 is 1.36 bits per heavy atom. The SMILES string of the molecule is CN(C(=O)c1ccc(-c2ccc(C(C)(C)C)cc2)cc1)C1CCCC1. The lowest BCUT2D eigenvalue weighted by Crippen LogP contribution is -2.35. The molecule has 1 saturated carbocycles. The Bertz CT molecular complexity index is 716. The summed E-state index contributed by atoms with van der Waals surface area (Å²) >= 11 is 0. The second-order valence-corrected chi connectivity index (χ2v) is 8.26. The van der Waals surface area contributed by atoms with E-state index in [1.807, 2.05) is 24.1 Å². The predicted octanol–water partition coefficient (Wildman–Crippen LogP) is 5.67. The Morgan fingerprint density at radius 3 is 1.84 bits per heavy atom. The standard InChI is InChI=1S/C23H29NO/c1-23(2,3)20-15-13-18(14-16-20)17-9-11-19(12-10-17)22(25)24(4)21-7-5-6-8-21/h9-16,21H,5-8H2,1-4H3. The van der Waals surface area contributed by atoms with Crippen LogP contribution < -0.4 is 0 Å². The first-order valence-corrected chi connectivity index (χ1v) is 9.34. The Labute approximate surface area is 151 Å². The summed E-state index contributed by atoms with van der Waals surface area (Å²) in [6, 6.07) is 17.2. The summed E-state index contributed by atoms with van der Waals surface area (Å²) < 4.78 is 0. The molecular formula is C23H29NO.